The zero-order valence-corrected chi connectivity index (χ0v) is 14.0. The van der Waals surface area contributed by atoms with E-state index in [0.29, 0.717) is 33.7 Å². The smallest absolute Gasteiger partial charge is 0.231 e. The highest BCUT2D eigenvalue weighted by atomic mass is 19.1. The van der Waals surface area contributed by atoms with Gasteiger partial charge in [0, 0.05) is 6.20 Å². The van der Waals surface area contributed by atoms with Gasteiger partial charge in [-0.3, -0.25) is 4.79 Å². The number of fused-ring (bicyclic) bond motifs is 1. The van der Waals surface area contributed by atoms with Crippen molar-refractivity contribution in [3.63, 3.8) is 0 Å². The molecule has 134 valence electrons. The number of anilines is 1. The third-order valence-electron chi connectivity index (χ3n) is 4.62. The molecule has 1 saturated carbocycles. The van der Waals surface area contributed by atoms with E-state index in [0.717, 1.165) is 0 Å². The van der Waals surface area contributed by atoms with Gasteiger partial charge in [0.25, 0.3) is 0 Å². The van der Waals surface area contributed by atoms with Crippen LogP contribution in [0.5, 0.6) is 0 Å². The number of nitrogens with one attached hydrogen (secondary N) is 1. The first kappa shape index (κ1) is 16.7. The molecule has 26 heavy (non-hydrogen) atoms. The SMILES string of the molecule is Cc1cc(CO)c(-c2ccc3nc(NC(=O)C4CC4F)cn3c2)cc1F. The second-order valence-corrected chi connectivity index (χ2v) is 6.57. The summed E-state index contributed by atoms with van der Waals surface area (Å²) in [4.78, 5) is 16.1. The Morgan fingerprint density at radius 1 is 1.38 bits per heavy atom. The minimum atomic E-state index is -1.06. The Balaban J connectivity index is 1.68. The molecule has 1 fully saturated rings. The summed E-state index contributed by atoms with van der Waals surface area (Å²) in [6.45, 7) is 1.44. The van der Waals surface area contributed by atoms with Gasteiger partial charge in [0.15, 0.2) is 5.82 Å². The maximum atomic E-state index is 14.0. The van der Waals surface area contributed by atoms with Crippen molar-refractivity contribution in [3.8, 4) is 11.1 Å². The summed E-state index contributed by atoms with van der Waals surface area (Å²) >= 11 is 0. The minimum absolute atomic E-state index is 0.203. The molecule has 5 nitrogen and oxygen atoms in total. The molecule has 0 spiro atoms. The van der Waals surface area contributed by atoms with E-state index in [-0.39, 0.29) is 24.8 Å². The molecule has 2 atom stereocenters. The van der Waals surface area contributed by atoms with Gasteiger partial charge in [0.2, 0.25) is 5.91 Å². The molecule has 3 aromatic rings. The highest BCUT2D eigenvalue weighted by Crippen LogP contribution is 2.34. The van der Waals surface area contributed by atoms with Gasteiger partial charge >= 0.3 is 0 Å². The van der Waals surface area contributed by atoms with Gasteiger partial charge in [-0.15, -0.1) is 0 Å². The van der Waals surface area contributed by atoms with Crippen LogP contribution in [0.25, 0.3) is 16.8 Å². The van der Waals surface area contributed by atoms with E-state index in [1.807, 2.05) is 0 Å². The number of aryl methyl sites for hydroxylation is 1. The summed E-state index contributed by atoms with van der Waals surface area (Å²) in [5, 5.41) is 12.2. The molecule has 1 aliphatic rings. The monoisotopic (exact) mass is 357 g/mol. The number of aliphatic hydroxyl groups is 1. The summed E-state index contributed by atoms with van der Waals surface area (Å²) in [6, 6.07) is 6.53. The summed E-state index contributed by atoms with van der Waals surface area (Å²) < 4.78 is 28.6. The number of pyridine rings is 1. The van der Waals surface area contributed by atoms with Crippen molar-refractivity contribution in [2.75, 3.05) is 5.32 Å². The summed E-state index contributed by atoms with van der Waals surface area (Å²) in [7, 11) is 0. The van der Waals surface area contributed by atoms with Gasteiger partial charge in [-0.1, -0.05) is 6.07 Å². The van der Waals surface area contributed by atoms with Gasteiger partial charge in [0.05, 0.1) is 18.7 Å². The molecular formula is C19H17F2N3O2. The molecule has 0 saturated heterocycles. The molecule has 2 heterocycles. The molecule has 2 N–H and O–H groups in total. The third-order valence-corrected chi connectivity index (χ3v) is 4.62. The Kier molecular flexibility index (Phi) is 3.96. The number of nitrogens with zero attached hydrogens (tertiary/aromatic N) is 2. The summed E-state index contributed by atoms with van der Waals surface area (Å²) in [5.74, 6) is -0.966. The number of carbonyl (C=O) groups excluding carboxylic acids is 1. The maximum Gasteiger partial charge on any atom is 0.231 e. The maximum absolute atomic E-state index is 14.0. The predicted molar refractivity (Wildman–Crippen MR) is 92.9 cm³/mol. The van der Waals surface area contributed by atoms with E-state index in [9.17, 15) is 18.7 Å². The van der Waals surface area contributed by atoms with Crippen molar-refractivity contribution < 1.29 is 18.7 Å². The lowest BCUT2D eigenvalue weighted by Gasteiger charge is -2.10. The molecule has 0 aliphatic heterocycles. The van der Waals surface area contributed by atoms with E-state index in [2.05, 4.69) is 10.3 Å². The number of rotatable bonds is 4. The molecule has 2 unspecified atom stereocenters. The quantitative estimate of drug-likeness (QED) is 0.753. The summed E-state index contributed by atoms with van der Waals surface area (Å²) in [6.07, 6.45) is 2.56. The van der Waals surface area contributed by atoms with Crippen molar-refractivity contribution >= 4 is 17.4 Å². The van der Waals surface area contributed by atoms with Crippen LogP contribution in [0.2, 0.25) is 0 Å². The number of halogens is 2. The number of hydrogen-bond donors (Lipinski definition) is 2. The number of imidazole rings is 1. The van der Waals surface area contributed by atoms with Gasteiger partial charge in [-0.2, -0.15) is 0 Å². The number of aromatic nitrogens is 2. The zero-order valence-electron chi connectivity index (χ0n) is 14.0. The number of carbonyl (C=O) groups is 1. The van der Waals surface area contributed by atoms with E-state index in [1.165, 1.54) is 6.07 Å². The van der Waals surface area contributed by atoms with E-state index in [4.69, 9.17) is 0 Å². The van der Waals surface area contributed by atoms with Crippen LogP contribution < -0.4 is 5.32 Å². The van der Waals surface area contributed by atoms with E-state index in [1.54, 1.807) is 41.9 Å². The molecular weight excluding hydrogens is 340 g/mol. The van der Waals surface area contributed by atoms with Crippen LogP contribution in [0.1, 0.15) is 17.5 Å². The topological polar surface area (TPSA) is 66.6 Å². The van der Waals surface area contributed by atoms with Crippen LogP contribution in [-0.2, 0) is 11.4 Å². The number of aliphatic hydroxyl groups excluding tert-OH is 1. The van der Waals surface area contributed by atoms with Crippen molar-refractivity contribution in [1.82, 2.24) is 9.38 Å². The van der Waals surface area contributed by atoms with Crippen LogP contribution in [0, 0.1) is 18.7 Å². The fourth-order valence-corrected chi connectivity index (χ4v) is 3.01. The highest BCUT2D eigenvalue weighted by molar-refractivity contribution is 5.94. The van der Waals surface area contributed by atoms with Crippen molar-refractivity contribution in [1.29, 1.82) is 0 Å². The van der Waals surface area contributed by atoms with Crippen LogP contribution in [0.3, 0.4) is 0 Å². The number of alkyl halides is 1. The predicted octanol–water partition coefficient (Wildman–Crippen LogP) is 3.24. The van der Waals surface area contributed by atoms with Gasteiger partial charge in [-0.05, 0) is 53.8 Å². The standard InChI is InChI=1S/C19H17F2N3O2/c1-10-4-12(9-25)13(5-15(10)20)11-2-3-18-22-17(8-24(18)7-11)23-19(26)14-6-16(14)21/h2-5,7-8,14,16,25H,6,9H2,1H3,(H,23,26). The van der Waals surface area contributed by atoms with E-state index < -0.39 is 12.1 Å². The van der Waals surface area contributed by atoms with Gasteiger partial charge in [-0.25, -0.2) is 13.8 Å². The second-order valence-electron chi connectivity index (χ2n) is 6.57. The van der Waals surface area contributed by atoms with Crippen molar-refractivity contribution in [2.45, 2.75) is 26.1 Å². The number of hydrogen-bond acceptors (Lipinski definition) is 3. The fourth-order valence-electron chi connectivity index (χ4n) is 3.01. The molecule has 2 aromatic heterocycles. The Labute approximate surface area is 148 Å². The fraction of sp³-hybridized carbons (Fsp3) is 0.263. The molecule has 1 aliphatic carbocycles. The first-order chi connectivity index (χ1) is 12.5. The zero-order chi connectivity index (χ0) is 18.4. The highest BCUT2D eigenvalue weighted by Gasteiger charge is 2.43. The Morgan fingerprint density at radius 2 is 2.15 bits per heavy atom. The molecule has 0 radical (unpaired) electrons. The van der Waals surface area contributed by atoms with Gasteiger partial charge in [0.1, 0.15) is 17.6 Å². The minimum Gasteiger partial charge on any atom is -0.392 e. The molecule has 0 bridgehead atoms. The molecule has 7 heteroatoms. The number of benzene rings is 1. The Morgan fingerprint density at radius 3 is 2.85 bits per heavy atom. The largest absolute Gasteiger partial charge is 0.392 e. The van der Waals surface area contributed by atoms with Crippen LogP contribution in [0.15, 0.2) is 36.7 Å². The first-order valence-electron chi connectivity index (χ1n) is 8.30. The molecule has 4 rings (SSSR count). The third kappa shape index (κ3) is 2.94. The van der Waals surface area contributed by atoms with E-state index >= 15 is 0 Å². The van der Waals surface area contributed by atoms with Crippen LogP contribution in [0.4, 0.5) is 14.6 Å². The number of amides is 1. The van der Waals surface area contributed by atoms with Crippen molar-refractivity contribution in [3.05, 3.63) is 53.6 Å². The average Bonchev–Trinajstić information content (AvgIpc) is 3.22. The summed E-state index contributed by atoms with van der Waals surface area (Å²) in [5.41, 5.74) is 2.99. The van der Waals surface area contributed by atoms with Crippen LogP contribution >= 0.6 is 0 Å². The van der Waals surface area contributed by atoms with Crippen LogP contribution in [-0.4, -0.2) is 26.6 Å². The lowest BCUT2D eigenvalue weighted by molar-refractivity contribution is -0.117. The lowest BCUT2D eigenvalue weighted by atomic mass is 9.99. The molecule has 1 amide bonds. The normalized spacial score (nSPS) is 18.9. The second kappa shape index (κ2) is 6.17. The Bertz CT molecular complexity index is 1020. The van der Waals surface area contributed by atoms with Crippen molar-refractivity contribution in [2.24, 2.45) is 5.92 Å². The molecule has 1 aromatic carbocycles. The lowest BCUT2D eigenvalue weighted by Crippen LogP contribution is -2.15. The first-order valence-corrected chi connectivity index (χ1v) is 8.30. The average molecular weight is 357 g/mol. The van der Waals surface area contributed by atoms with Gasteiger partial charge < -0.3 is 14.8 Å². The Hall–Kier alpha value is -2.80.